The molecule has 0 saturated carbocycles. The van der Waals surface area contributed by atoms with E-state index < -0.39 is 0 Å². The normalized spacial score (nSPS) is 17.4. The third-order valence-electron chi connectivity index (χ3n) is 3.51. The Labute approximate surface area is 99.6 Å². The van der Waals surface area contributed by atoms with Crippen LogP contribution in [0.5, 0.6) is 0 Å². The third kappa shape index (κ3) is 1.85. The Kier molecular flexibility index (Phi) is 2.65. The van der Waals surface area contributed by atoms with Crippen LogP contribution in [0.1, 0.15) is 18.9 Å². The lowest BCUT2D eigenvalue weighted by Crippen LogP contribution is -2.29. The van der Waals surface area contributed by atoms with Crippen molar-refractivity contribution in [3.8, 4) is 0 Å². The number of nitrogens with one attached hydrogen (secondary N) is 1. The molecule has 2 heterocycles. The van der Waals surface area contributed by atoms with Crippen molar-refractivity contribution in [3.63, 3.8) is 0 Å². The first-order chi connectivity index (χ1) is 8.38. The number of fused-ring (bicyclic) bond motifs is 1. The SMILES string of the molecule is O=Nc1ccc2ccn(C3CCNCC3)c2c1. The van der Waals surface area contributed by atoms with Crippen molar-refractivity contribution < 1.29 is 0 Å². The molecule has 3 rings (SSSR count). The van der Waals surface area contributed by atoms with E-state index in [2.05, 4.69) is 27.3 Å². The van der Waals surface area contributed by atoms with E-state index in [1.807, 2.05) is 12.1 Å². The highest BCUT2D eigenvalue weighted by Gasteiger charge is 2.16. The molecule has 1 saturated heterocycles. The highest BCUT2D eigenvalue weighted by Crippen LogP contribution is 2.28. The Bertz CT molecular complexity index is 541. The van der Waals surface area contributed by atoms with Gasteiger partial charge in [-0.25, -0.2) is 0 Å². The number of nitrogens with zero attached hydrogens (tertiary/aromatic N) is 2. The van der Waals surface area contributed by atoms with Gasteiger partial charge in [-0.2, -0.15) is 0 Å². The quantitative estimate of drug-likeness (QED) is 0.805. The zero-order chi connectivity index (χ0) is 11.7. The van der Waals surface area contributed by atoms with Crippen LogP contribution in [0.4, 0.5) is 5.69 Å². The Hall–Kier alpha value is -1.68. The lowest BCUT2D eigenvalue weighted by Gasteiger charge is -2.25. The highest BCUT2D eigenvalue weighted by atomic mass is 16.3. The molecular weight excluding hydrogens is 214 g/mol. The van der Waals surface area contributed by atoms with Gasteiger partial charge < -0.3 is 9.88 Å². The van der Waals surface area contributed by atoms with Gasteiger partial charge in [0.2, 0.25) is 0 Å². The Morgan fingerprint density at radius 2 is 2.06 bits per heavy atom. The molecule has 1 fully saturated rings. The molecule has 1 N–H and O–H groups in total. The summed E-state index contributed by atoms with van der Waals surface area (Å²) in [5.74, 6) is 0. The molecule has 4 nitrogen and oxygen atoms in total. The molecule has 1 aromatic heterocycles. The third-order valence-corrected chi connectivity index (χ3v) is 3.51. The van der Waals surface area contributed by atoms with Gasteiger partial charge in [0, 0.05) is 12.2 Å². The summed E-state index contributed by atoms with van der Waals surface area (Å²) in [5, 5.41) is 7.55. The van der Waals surface area contributed by atoms with Crippen LogP contribution in [0.2, 0.25) is 0 Å². The molecule has 1 aliphatic rings. The molecule has 0 atom stereocenters. The summed E-state index contributed by atoms with van der Waals surface area (Å²) < 4.78 is 2.28. The monoisotopic (exact) mass is 229 g/mol. The number of hydrogen-bond donors (Lipinski definition) is 1. The Balaban J connectivity index is 2.05. The van der Waals surface area contributed by atoms with E-state index in [4.69, 9.17) is 0 Å². The van der Waals surface area contributed by atoms with E-state index in [0.29, 0.717) is 11.7 Å². The van der Waals surface area contributed by atoms with Gasteiger partial charge in [-0.1, -0.05) is 6.07 Å². The van der Waals surface area contributed by atoms with E-state index in [1.54, 1.807) is 6.07 Å². The zero-order valence-corrected chi connectivity index (χ0v) is 9.60. The number of hydrogen-bond acceptors (Lipinski definition) is 3. The van der Waals surface area contributed by atoms with Crippen LogP contribution >= 0.6 is 0 Å². The lowest BCUT2D eigenvalue weighted by atomic mass is 10.1. The van der Waals surface area contributed by atoms with Gasteiger partial charge in [-0.15, -0.1) is 4.91 Å². The fourth-order valence-electron chi connectivity index (χ4n) is 2.60. The van der Waals surface area contributed by atoms with Crippen molar-refractivity contribution in [2.75, 3.05) is 13.1 Å². The minimum atomic E-state index is 0.506. The molecule has 0 bridgehead atoms. The first-order valence-corrected chi connectivity index (χ1v) is 6.03. The van der Waals surface area contributed by atoms with Gasteiger partial charge in [0.25, 0.3) is 0 Å². The maximum atomic E-state index is 10.6. The van der Waals surface area contributed by atoms with Crippen LogP contribution < -0.4 is 5.32 Å². The molecule has 17 heavy (non-hydrogen) atoms. The van der Waals surface area contributed by atoms with Gasteiger partial charge in [0.15, 0.2) is 0 Å². The lowest BCUT2D eigenvalue weighted by molar-refractivity contribution is 0.376. The second-order valence-electron chi connectivity index (χ2n) is 4.54. The van der Waals surface area contributed by atoms with E-state index >= 15 is 0 Å². The van der Waals surface area contributed by atoms with E-state index in [1.165, 1.54) is 5.39 Å². The van der Waals surface area contributed by atoms with Crippen molar-refractivity contribution >= 4 is 16.6 Å². The van der Waals surface area contributed by atoms with E-state index in [9.17, 15) is 4.91 Å². The average Bonchev–Trinajstić information content (AvgIpc) is 2.82. The van der Waals surface area contributed by atoms with Crippen LogP contribution in [0.25, 0.3) is 10.9 Å². The van der Waals surface area contributed by atoms with Crippen molar-refractivity contribution in [1.29, 1.82) is 0 Å². The molecule has 1 aliphatic heterocycles. The van der Waals surface area contributed by atoms with Crippen LogP contribution in [0.15, 0.2) is 35.6 Å². The van der Waals surface area contributed by atoms with Crippen LogP contribution in [-0.4, -0.2) is 17.7 Å². The van der Waals surface area contributed by atoms with Gasteiger partial charge in [-0.3, -0.25) is 0 Å². The number of benzene rings is 1. The molecule has 0 aliphatic carbocycles. The topological polar surface area (TPSA) is 46.4 Å². The fourth-order valence-corrected chi connectivity index (χ4v) is 2.60. The van der Waals surface area contributed by atoms with Crippen LogP contribution in [0.3, 0.4) is 0 Å². The van der Waals surface area contributed by atoms with Crippen molar-refractivity contribution in [1.82, 2.24) is 9.88 Å². The maximum absolute atomic E-state index is 10.6. The number of aromatic nitrogens is 1. The van der Waals surface area contributed by atoms with E-state index in [0.717, 1.165) is 31.4 Å². The maximum Gasteiger partial charge on any atom is 0.110 e. The Morgan fingerprint density at radius 3 is 2.82 bits per heavy atom. The smallest absolute Gasteiger partial charge is 0.110 e. The first-order valence-electron chi connectivity index (χ1n) is 6.03. The molecule has 4 heteroatoms. The fraction of sp³-hybridized carbons (Fsp3) is 0.385. The van der Waals surface area contributed by atoms with Crippen LogP contribution in [0, 0.1) is 4.91 Å². The largest absolute Gasteiger partial charge is 0.344 e. The van der Waals surface area contributed by atoms with Gasteiger partial charge >= 0.3 is 0 Å². The van der Waals surface area contributed by atoms with Crippen LogP contribution in [-0.2, 0) is 0 Å². The molecule has 0 spiro atoms. The second kappa shape index (κ2) is 4.30. The summed E-state index contributed by atoms with van der Waals surface area (Å²) >= 11 is 0. The molecule has 1 aromatic carbocycles. The summed E-state index contributed by atoms with van der Waals surface area (Å²) in [6.07, 6.45) is 4.40. The van der Waals surface area contributed by atoms with Crippen molar-refractivity contribution in [2.45, 2.75) is 18.9 Å². The summed E-state index contributed by atoms with van der Waals surface area (Å²) in [7, 11) is 0. The standard InChI is InChI=1S/C13H15N3O/c17-15-11-2-1-10-5-8-16(13(10)9-11)12-3-6-14-7-4-12/h1-2,5,8-9,12,14H,3-4,6-7H2. The summed E-state index contributed by atoms with van der Waals surface area (Å²) in [5.41, 5.74) is 1.63. The predicted octanol–water partition coefficient (Wildman–Crippen LogP) is 2.96. The summed E-state index contributed by atoms with van der Waals surface area (Å²) in [4.78, 5) is 10.6. The van der Waals surface area contributed by atoms with Gasteiger partial charge in [0.05, 0.1) is 5.52 Å². The van der Waals surface area contributed by atoms with Crippen molar-refractivity contribution in [3.05, 3.63) is 35.4 Å². The molecule has 2 aromatic rings. The molecule has 0 amide bonds. The average molecular weight is 229 g/mol. The summed E-state index contributed by atoms with van der Waals surface area (Å²) in [6.45, 7) is 2.13. The molecule has 88 valence electrons. The molecule has 0 radical (unpaired) electrons. The molecule has 0 unspecified atom stereocenters. The zero-order valence-electron chi connectivity index (χ0n) is 9.60. The second-order valence-corrected chi connectivity index (χ2v) is 4.54. The van der Waals surface area contributed by atoms with Crippen molar-refractivity contribution in [2.24, 2.45) is 5.18 Å². The Morgan fingerprint density at radius 1 is 1.24 bits per heavy atom. The number of rotatable bonds is 2. The minimum Gasteiger partial charge on any atom is -0.344 e. The first kappa shape index (κ1) is 10.5. The van der Waals surface area contributed by atoms with E-state index in [-0.39, 0.29) is 0 Å². The molecular formula is C13H15N3O. The highest BCUT2D eigenvalue weighted by molar-refractivity contribution is 5.83. The number of piperidine rings is 1. The van der Waals surface area contributed by atoms with Gasteiger partial charge in [-0.05, 0) is 54.7 Å². The summed E-state index contributed by atoms with van der Waals surface area (Å²) in [6, 6.07) is 8.25. The van der Waals surface area contributed by atoms with Gasteiger partial charge in [0.1, 0.15) is 5.69 Å². The number of nitroso groups, excluding NO2 is 1. The predicted molar refractivity (Wildman–Crippen MR) is 68.5 cm³/mol. The minimum absolute atomic E-state index is 0.506.